The summed E-state index contributed by atoms with van der Waals surface area (Å²) in [5.41, 5.74) is 3.86. The molecule has 7 heteroatoms. The van der Waals surface area contributed by atoms with Crippen LogP contribution < -0.4 is 15.4 Å². The minimum absolute atomic E-state index is 0.254. The number of rotatable bonds is 8. The molecule has 0 unspecified atom stereocenters. The van der Waals surface area contributed by atoms with Crippen LogP contribution in [0.4, 0.5) is 4.79 Å². The van der Waals surface area contributed by atoms with Gasteiger partial charge in [-0.1, -0.05) is 54.1 Å². The molecule has 0 fully saturated rings. The number of carbonyl (C=O) groups is 1. The van der Waals surface area contributed by atoms with E-state index in [1.54, 1.807) is 7.11 Å². The van der Waals surface area contributed by atoms with Crippen molar-refractivity contribution < 1.29 is 9.53 Å². The van der Waals surface area contributed by atoms with Gasteiger partial charge < -0.3 is 20.4 Å². The molecule has 0 bridgehead atoms. The van der Waals surface area contributed by atoms with Gasteiger partial charge in [0, 0.05) is 11.6 Å². The van der Waals surface area contributed by atoms with Crippen molar-refractivity contribution in [1.29, 1.82) is 0 Å². The van der Waals surface area contributed by atoms with Crippen LogP contribution in [0.2, 0.25) is 5.02 Å². The lowest BCUT2D eigenvalue weighted by Crippen LogP contribution is -2.40. The van der Waals surface area contributed by atoms with E-state index in [-0.39, 0.29) is 12.1 Å². The summed E-state index contributed by atoms with van der Waals surface area (Å²) in [6.45, 7) is 0.477. The number of nitrogens with zero attached hydrogens (tertiary/aromatic N) is 1. The van der Waals surface area contributed by atoms with Crippen molar-refractivity contribution >= 4 is 28.7 Å². The Balaban J connectivity index is 1.46. The molecule has 0 aliphatic carbocycles. The molecule has 3 N–H and O–H groups in total. The number of hydrogen-bond donors (Lipinski definition) is 3. The zero-order chi connectivity index (χ0) is 22.3. The molecule has 1 heterocycles. The van der Waals surface area contributed by atoms with E-state index >= 15 is 0 Å². The molecule has 6 nitrogen and oxygen atoms in total. The number of halogens is 1. The molecule has 1 aromatic heterocycles. The van der Waals surface area contributed by atoms with E-state index in [1.807, 2.05) is 72.8 Å². The Hall–Kier alpha value is -3.51. The van der Waals surface area contributed by atoms with Crippen molar-refractivity contribution in [2.24, 2.45) is 0 Å². The SMILES string of the molecule is COc1ccc(C[C@@H](NC(=O)NCCc2ccccc2Cl)c2nc3ccccc3[nH]2)cc1. The minimum Gasteiger partial charge on any atom is -0.497 e. The second-order valence-electron chi connectivity index (χ2n) is 7.49. The Morgan fingerprint density at radius 3 is 2.56 bits per heavy atom. The van der Waals surface area contributed by atoms with Gasteiger partial charge in [-0.25, -0.2) is 9.78 Å². The summed E-state index contributed by atoms with van der Waals surface area (Å²) in [6.07, 6.45) is 1.24. The molecule has 0 saturated carbocycles. The zero-order valence-electron chi connectivity index (χ0n) is 17.8. The Kier molecular flexibility index (Phi) is 6.92. The van der Waals surface area contributed by atoms with E-state index in [0.29, 0.717) is 30.2 Å². The summed E-state index contributed by atoms with van der Waals surface area (Å²) in [5.74, 6) is 1.50. The number of aromatic amines is 1. The maximum absolute atomic E-state index is 12.7. The number of carbonyl (C=O) groups excluding carboxylic acids is 1. The lowest BCUT2D eigenvalue weighted by molar-refractivity contribution is 0.236. The van der Waals surface area contributed by atoms with Crippen LogP contribution in [-0.4, -0.2) is 29.7 Å². The quantitative estimate of drug-likeness (QED) is 0.353. The molecule has 0 radical (unpaired) electrons. The number of urea groups is 1. The molecule has 4 aromatic rings. The number of para-hydroxylation sites is 2. The molecule has 164 valence electrons. The van der Waals surface area contributed by atoms with Crippen LogP contribution in [0, 0.1) is 0 Å². The number of fused-ring (bicyclic) bond motifs is 1. The Morgan fingerprint density at radius 1 is 1.06 bits per heavy atom. The summed E-state index contributed by atoms with van der Waals surface area (Å²) < 4.78 is 5.24. The van der Waals surface area contributed by atoms with Gasteiger partial charge in [-0.2, -0.15) is 0 Å². The highest BCUT2D eigenvalue weighted by Crippen LogP contribution is 2.21. The van der Waals surface area contributed by atoms with Gasteiger partial charge in [0.1, 0.15) is 11.6 Å². The molecule has 0 saturated heterocycles. The van der Waals surface area contributed by atoms with Gasteiger partial charge in [-0.15, -0.1) is 0 Å². The van der Waals surface area contributed by atoms with E-state index in [2.05, 4.69) is 15.6 Å². The first-order valence-corrected chi connectivity index (χ1v) is 10.9. The molecule has 2 amide bonds. The number of aromatic nitrogens is 2. The number of nitrogens with one attached hydrogen (secondary N) is 3. The van der Waals surface area contributed by atoms with Gasteiger partial charge in [-0.3, -0.25) is 0 Å². The number of amides is 2. The summed E-state index contributed by atoms with van der Waals surface area (Å²) in [5, 5.41) is 6.69. The van der Waals surface area contributed by atoms with Gasteiger partial charge in [0.2, 0.25) is 0 Å². The Bertz CT molecular complexity index is 1160. The summed E-state index contributed by atoms with van der Waals surface area (Å²) in [4.78, 5) is 20.7. The van der Waals surface area contributed by atoms with Gasteiger partial charge >= 0.3 is 6.03 Å². The van der Waals surface area contributed by atoms with E-state index in [9.17, 15) is 4.79 Å². The van der Waals surface area contributed by atoms with Gasteiger partial charge in [-0.05, 0) is 54.3 Å². The number of imidazole rings is 1. The highest BCUT2D eigenvalue weighted by atomic mass is 35.5. The van der Waals surface area contributed by atoms with E-state index in [0.717, 1.165) is 27.9 Å². The second-order valence-corrected chi connectivity index (χ2v) is 7.89. The number of hydrogen-bond acceptors (Lipinski definition) is 3. The third-order valence-electron chi connectivity index (χ3n) is 5.28. The van der Waals surface area contributed by atoms with Crippen LogP contribution in [0.1, 0.15) is 23.0 Å². The maximum atomic E-state index is 12.7. The maximum Gasteiger partial charge on any atom is 0.315 e. The van der Waals surface area contributed by atoms with Gasteiger partial charge in [0.25, 0.3) is 0 Å². The average Bonchev–Trinajstić information content (AvgIpc) is 3.25. The Morgan fingerprint density at radius 2 is 1.81 bits per heavy atom. The number of H-pyrrole nitrogens is 1. The third-order valence-corrected chi connectivity index (χ3v) is 5.65. The lowest BCUT2D eigenvalue weighted by atomic mass is 10.1. The zero-order valence-corrected chi connectivity index (χ0v) is 18.5. The van der Waals surface area contributed by atoms with Crippen LogP contribution in [0.5, 0.6) is 5.75 Å². The first-order chi connectivity index (χ1) is 15.6. The molecule has 3 aromatic carbocycles. The molecule has 4 rings (SSSR count). The second kappa shape index (κ2) is 10.2. The molecule has 0 aliphatic rings. The molecule has 0 spiro atoms. The van der Waals surface area contributed by atoms with Crippen LogP contribution >= 0.6 is 11.6 Å². The predicted molar refractivity (Wildman–Crippen MR) is 127 cm³/mol. The fraction of sp³-hybridized carbons (Fsp3) is 0.200. The van der Waals surface area contributed by atoms with Crippen LogP contribution in [-0.2, 0) is 12.8 Å². The van der Waals surface area contributed by atoms with E-state index in [1.165, 1.54) is 0 Å². The van der Waals surface area contributed by atoms with Crippen LogP contribution in [0.15, 0.2) is 72.8 Å². The summed E-state index contributed by atoms with van der Waals surface area (Å²) in [6, 6.07) is 22.7. The summed E-state index contributed by atoms with van der Waals surface area (Å²) in [7, 11) is 1.64. The van der Waals surface area contributed by atoms with Crippen molar-refractivity contribution in [1.82, 2.24) is 20.6 Å². The minimum atomic E-state index is -0.323. The fourth-order valence-corrected chi connectivity index (χ4v) is 3.80. The van der Waals surface area contributed by atoms with Crippen LogP contribution in [0.25, 0.3) is 11.0 Å². The molecular weight excluding hydrogens is 424 g/mol. The fourth-order valence-electron chi connectivity index (χ4n) is 3.57. The molecular formula is C25H25ClN4O2. The van der Waals surface area contributed by atoms with Crippen LogP contribution in [0.3, 0.4) is 0 Å². The van der Waals surface area contributed by atoms with Gasteiger partial charge in [0.15, 0.2) is 0 Å². The predicted octanol–water partition coefficient (Wildman–Crippen LogP) is 5.05. The molecule has 0 aliphatic heterocycles. The largest absolute Gasteiger partial charge is 0.497 e. The smallest absolute Gasteiger partial charge is 0.315 e. The highest BCUT2D eigenvalue weighted by molar-refractivity contribution is 6.31. The van der Waals surface area contributed by atoms with Crippen molar-refractivity contribution in [3.8, 4) is 5.75 Å². The molecule has 32 heavy (non-hydrogen) atoms. The monoisotopic (exact) mass is 448 g/mol. The molecule has 1 atom stereocenters. The van der Waals surface area contributed by atoms with Crippen molar-refractivity contribution in [3.63, 3.8) is 0 Å². The first-order valence-electron chi connectivity index (χ1n) is 10.5. The lowest BCUT2D eigenvalue weighted by Gasteiger charge is -2.18. The highest BCUT2D eigenvalue weighted by Gasteiger charge is 2.19. The number of methoxy groups -OCH3 is 1. The van der Waals surface area contributed by atoms with Crippen molar-refractivity contribution in [2.45, 2.75) is 18.9 Å². The van der Waals surface area contributed by atoms with E-state index < -0.39 is 0 Å². The third kappa shape index (κ3) is 5.39. The first kappa shape index (κ1) is 21.7. The summed E-state index contributed by atoms with van der Waals surface area (Å²) >= 11 is 6.20. The van der Waals surface area contributed by atoms with Crippen molar-refractivity contribution in [3.05, 3.63) is 94.8 Å². The van der Waals surface area contributed by atoms with Crippen molar-refractivity contribution in [2.75, 3.05) is 13.7 Å². The topological polar surface area (TPSA) is 79.0 Å². The number of benzene rings is 3. The normalized spacial score (nSPS) is 11.8. The standard InChI is InChI=1S/C25H25ClN4O2/c1-32-19-12-10-17(11-13-19)16-23(24-28-21-8-4-5-9-22(21)29-24)30-25(31)27-15-14-18-6-2-3-7-20(18)26/h2-13,23H,14-16H2,1H3,(H,28,29)(H2,27,30,31)/t23-/m1/s1. The number of ether oxygens (including phenoxy) is 1. The van der Waals surface area contributed by atoms with Gasteiger partial charge in [0.05, 0.1) is 24.2 Å². The Labute approximate surface area is 192 Å². The van der Waals surface area contributed by atoms with E-state index in [4.69, 9.17) is 21.3 Å². The average molecular weight is 449 g/mol.